The lowest BCUT2D eigenvalue weighted by Gasteiger charge is -2.24. The van der Waals surface area contributed by atoms with Gasteiger partial charge in [-0.1, -0.05) is 32.0 Å². The summed E-state index contributed by atoms with van der Waals surface area (Å²) in [6.45, 7) is 5.74. The van der Waals surface area contributed by atoms with E-state index >= 15 is 0 Å². The van der Waals surface area contributed by atoms with Gasteiger partial charge in [-0.05, 0) is 56.2 Å². The van der Waals surface area contributed by atoms with Crippen LogP contribution in [0.15, 0.2) is 24.3 Å². The standard InChI is InChI=1S/C18H26N2/c1-13(2)7-6-12-19-17-11-5-9-15-14-8-3-4-10-16(14)20-18(15)17/h3-4,8,10,13,17,19-20H,5-7,9,11-12H2,1-2H3. The van der Waals surface area contributed by atoms with Crippen LogP contribution in [0.1, 0.15) is 56.8 Å². The Balaban J connectivity index is 1.73. The van der Waals surface area contributed by atoms with E-state index in [2.05, 4.69) is 48.4 Å². The topological polar surface area (TPSA) is 27.8 Å². The Morgan fingerprint density at radius 2 is 2.15 bits per heavy atom. The van der Waals surface area contributed by atoms with Crippen molar-refractivity contribution in [2.75, 3.05) is 6.54 Å². The van der Waals surface area contributed by atoms with Crippen LogP contribution >= 0.6 is 0 Å². The third kappa shape index (κ3) is 2.76. The highest BCUT2D eigenvalue weighted by Crippen LogP contribution is 2.34. The van der Waals surface area contributed by atoms with Gasteiger partial charge in [0, 0.05) is 22.6 Å². The Morgan fingerprint density at radius 3 is 3.00 bits per heavy atom. The molecule has 0 saturated carbocycles. The predicted octanol–water partition coefficient (Wildman–Crippen LogP) is 4.57. The highest BCUT2D eigenvalue weighted by molar-refractivity contribution is 5.85. The number of benzene rings is 1. The van der Waals surface area contributed by atoms with Crippen molar-refractivity contribution >= 4 is 10.9 Å². The van der Waals surface area contributed by atoms with Gasteiger partial charge in [0.05, 0.1) is 0 Å². The fraction of sp³-hybridized carbons (Fsp3) is 0.556. The molecule has 108 valence electrons. The minimum absolute atomic E-state index is 0.526. The fourth-order valence-electron chi connectivity index (χ4n) is 3.41. The lowest BCUT2D eigenvalue weighted by Crippen LogP contribution is -2.26. The summed E-state index contributed by atoms with van der Waals surface area (Å²) in [4.78, 5) is 3.65. The van der Waals surface area contributed by atoms with Gasteiger partial charge in [-0.15, -0.1) is 0 Å². The molecule has 2 nitrogen and oxygen atoms in total. The van der Waals surface area contributed by atoms with Crippen molar-refractivity contribution in [1.82, 2.24) is 10.3 Å². The zero-order valence-corrected chi connectivity index (χ0v) is 12.7. The van der Waals surface area contributed by atoms with E-state index in [9.17, 15) is 0 Å². The van der Waals surface area contributed by atoms with Crippen molar-refractivity contribution in [3.63, 3.8) is 0 Å². The zero-order chi connectivity index (χ0) is 13.9. The summed E-state index contributed by atoms with van der Waals surface area (Å²) in [7, 11) is 0. The van der Waals surface area contributed by atoms with Crippen molar-refractivity contribution in [1.29, 1.82) is 0 Å². The molecular formula is C18H26N2. The highest BCUT2D eigenvalue weighted by Gasteiger charge is 2.23. The molecular weight excluding hydrogens is 244 g/mol. The molecule has 0 bridgehead atoms. The second kappa shape index (κ2) is 6.01. The van der Waals surface area contributed by atoms with Crippen LogP contribution in [0.25, 0.3) is 10.9 Å². The van der Waals surface area contributed by atoms with Crippen LogP contribution in [0.5, 0.6) is 0 Å². The van der Waals surface area contributed by atoms with Crippen LogP contribution in [-0.2, 0) is 6.42 Å². The van der Waals surface area contributed by atoms with Gasteiger partial charge in [-0.3, -0.25) is 0 Å². The highest BCUT2D eigenvalue weighted by atomic mass is 14.9. The van der Waals surface area contributed by atoms with E-state index in [1.807, 2.05) is 0 Å². The molecule has 3 rings (SSSR count). The van der Waals surface area contributed by atoms with Crippen LogP contribution < -0.4 is 5.32 Å². The van der Waals surface area contributed by atoms with Gasteiger partial charge in [-0.25, -0.2) is 0 Å². The Morgan fingerprint density at radius 1 is 1.30 bits per heavy atom. The third-order valence-electron chi connectivity index (χ3n) is 4.46. The lowest BCUT2D eigenvalue weighted by atomic mass is 9.91. The number of fused-ring (bicyclic) bond motifs is 3. The second-order valence-electron chi connectivity index (χ2n) is 6.50. The van der Waals surface area contributed by atoms with Gasteiger partial charge in [0.2, 0.25) is 0 Å². The summed E-state index contributed by atoms with van der Waals surface area (Å²) in [6.07, 6.45) is 6.39. The van der Waals surface area contributed by atoms with Crippen LogP contribution in [0.2, 0.25) is 0 Å². The average Bonchev–Trinajstić information content (AvgIpc) is 2.83. The van der Waals surface area contributed by atoms with E-state index in [-0.39, 0.29) is 0 Å². The summed E-state index contributed by atoms with van der Waals surface area (Å²) in [6, 6.07) is 9.25. The van der Waals surface area contributed by atoms with Gasteiger partial charge in [0.15, 0.2) is 0 Å². The van der Waals surface area contributed by atoms with E-state index in [1.165, 1.54) is 48.7 Å². The molecule has 0 radical (unpaired) electrons. The van der Waals surface area contributed by atoms with Gasteiger partial charge in [-0.2, -0.15) is 0 Å². The average molecular weight is 270 g/mol. The number of hydrogen-bond donors (Lipinski definition) is 2. The van der Waals surface area contributed by atoms with Crippen LogP contribution in [0.4, 0.5) is 0 Å². The first kappa shape index (κ1) is 13.7. The maximum atomic E-state index is 3.76. The quantitative estimate of drug-likeness (QED) is 0.765. The molecule has 0 amide bonds. The molecule has 1 atom stereocenters. The summed E-state index contributed by atoms with van der Waals surface area (Å²) >= 11 is 0. The fourth-order valence-corrected chi connectivity index (χ4v) is 3.41. The van der Waals surface area contributed by atoms with Crippen molar-refractivity contribution in [3.8, 4) is 0 Å². The summed E-state index contributed by atoms with van der Waals surface area (Å²) < 4.78 is 0. The number of aryl methyl sites for hydroxylation is 1. The normalized spacial score (nSPS) is 18.6. The SMILES string of the molecule is CC(C)CCCNC1CCCc2c1[nH]c1ccccc21. The largest absolute Gasteiger partial charge is 0.357 e. The van der Waals surface area contributed by atoms with E-state index in [0.717, 1.165) is 12.5 Å². The minimum Gasteiger partial charge on any atom is -0.357 e. The maximum absolute atomic E-state index is 3.76. The molecule has 1 aromatic carbocycles. The van der Waals surface area contributed by atoms with Gasteiger partial charge in [0.25, 0.3) is 0 Å². The number of nitrogens with one attached hydrogen (secondary N) is 2. The molecule has 20 heavy (non-hydrogen) atoms. The Labute approximate surface area is 122 Å². The number of aromatic amines is 1. The van der Waals surface area contributed by atoms with Crippen molar-refractivity contribution in [2.45, 2.75) is 52.0 Å². The van der Waals surface area contributed by atoms with E-state index in [0.29, 0.717) is 6.04 Å². The summed E-state index contributed by atoms with van der Waals surface area (Å²) in [5.74, 6) is 0.812. The van der Waals surface area contributed by atoms with Crippen LogP contribution in [-0.4, -0.2) is 11.5 Å². The smallest absolute Gasteiger partial charge is 0.0476 e. The van der Waals surface area contributed by atoms with Crippen molar-refractivity contribution in [2.24, 2.45) is 5.92 Å². The number of H-pyrrole nitrogens is 1. The van der Waals surface area contributed by atoms with E-state index in [4.69, 9.17) is 0 Å². The minimum atomic E-state index is 0.526. The molecule has 1 aliphatic rings. The maximum Gasteiger partial charge on any atom is 0.0476 e. The monoisotopic (exact) mass is 270 g/mol. The summed E-state index contributed by atoms with van der Waals surface area (Å²) in [5, 5.41) is 5.19. The molecule has 2 N–H and O–H groups in total. The van der Waals surface area contributed by atoms with E-state index < -0.39 is 0 Å². The predicted molar refractivity (Wildman–Crippen MR) is 86.1 cm³/mol. The molecule has 1 aliphatic carbocycles. The molecule has 1 aromatic heterocycles. The molecule has 2 heteroatoms. The van der Waals surface area contributed by atoms with Crippen LogP contribution in [0.3, 0.4) is 0 Å². The molecule has 0 spiro atoms. The number of para-hydroxylation sites is 1. The zero-order valence-electron chi connectivity index (χ0n) is 12.7. The Bertz CT molecular complexity index is 568. The van der Waals surface area contributed by atoms with Gasteiger partial charge >= 0.3 is 0 Å². The molecule has 1 unspecified atom stereocenters. The Hall–Kier alpha value is -1.28. The summed E-state index contributed by atoms with van der Waals surface area (Å²) in [5.41, 5.74) is 4.29. The van der Waals surface area contributed by atoms with Gasteiger partial charge < -0.3 is 10.3 Å². The Kier molecular flexibility index (Phi) is 4.11. The second-order valence-corrected chi connectivity index (χ2v) is 6.50. The first-order valence-corrected chi connectivity index (χ1v) is 8.08. The molecule has 2 aromatic rings. The first-order valence-electron chi connectivity index (χ1n) is 8.08. The molecule has 1 heterocycles. The van der Waals surface area contributed by atoms with Crippen LogP contribution in [0, 0.1) is 5.92 Å². The molecule has 0 saturated heterocycles. The van der Waals surface area contributed by atoms with Gasteiger partial charge in [0.1, 0.15) is 0 Å². The van der Waals surface area contributed by atoms with Crippen molar-refractivity contribution in [3.05, 3.63) is 35.5 Å². The molecule has 0 aliphatic heterocycles. The number of rotatable bonds is 5. The number of hydrogen-bond acceptors (Lipinski definition) is 1. The first-order chi connectivity index (χ1) is 9.75. The van der Waals surface area contributed by atoms with Crippen molar-refractivity contribution < 1.29 is 0 Å². The van der Waals surface area contributed by atoms with E-state index in [1.54, 1.807) is 5.56 Å². The lowest BCUT2D eigenvalue weighted by molar-refractivity contribution is 0.433. The number of aromatic nitrogens is 1. The third-order valence-corrected chi connectivity index (χ3v) is 4.46. The molecule has 0 fully saturated rings.